The average Bonchev–Trinajstić information content (AvgIpc) is 1.97. The minimum Gasteiger partial charge on any atom is -0.390 e. The molecule has 0 saturated heterocycles. The van der Waals surface area contributed by atoms with Gasteiger partial charge in [0.05, 0.1) is 6.10 Å². The predicted molar refractivity (Wildman–Crippen MR) is 52.1 cm³/mol. The molecular formula is C9H18N2O2. The van der Waals surface area contributed by atoms with Crippen molar-refractivity contribution in [1.29, 1.82) is 0 Å². The quantitative estimate of drug-likeness (QED) is 0.478. The maximum Gasteiger partial charge on any atom is 0.247 e. The maximum atomic E-state index is 11.2. The zero-order chi connectivity index (χ0) is 10.6. The summed E-state index contributed by atoms with van der Waals surface area (Å²) in [5, 5.41) is 12.0. The highest BCUT2D eigenvalue weighted by molar-refractivity contribution is 5.92. The fraction of sp³-hybridized carbons (Fsp3) is 0.667. The molecule has 2 atom stereocenters. The third kappa shape index (κ3) is 4.05. The number of likely N-dealkylation sites (N-methyl/N-ethyl adjacent to an activating group) is 1. The van der Waals surface area contributed by atoms with Gasteiger partial charge in [-0.25, -0.2) is 0 Å². The Bertz CT molecular complexity index is 192. The Hall–Kier alpha value is -0.870. The monoisotopic (exact) mass is 186 g/mol. The second-order valence-corrected chi connectivity index (χ2v) is 3.40. The predicted octanol–water partition coefficient (Wildman–Crippen LogP) is -0.0528. The summed E-state index contributed by atoms with van der Waals surface area (Å²) in [5.41, 5.74) is 0.438. The lowest BCUT2D eigenvalue weighted by molar-refractivity contribution is -0.120. The molecule has 0 aliphatic carbocycles. The van der Waals surface area contributed by atoms with E-state index in [1.165, 1.54) is 0 Å². The van der Waals surface area contributed by atoms with Gasteiger partial charge in [0.25, 0.3) is 0 Å². The molecule has 0 aromatic carbocycles. The van der Waals surface area contributed by atoms with Crippen LogP contribution in [0.25, 0.3) is 0 Å². The molecule has 0 rings (SSSR count). The van der Waals surface area contributed by atoms with Crippen molar-refractivity contribution in [2.75, 3.05) is 14.1 Å². The number of hydrogen-bond donors (Lipinski definition) is 2. The number of aliphatic hydroxyl groups excluding tert-OH is 1. The van der Waals surface area contributed by atoms with Crippen molar-refractivity contribution in [1.82, 2.24) is 10.2 Å². The van der Waals surface area contributed by atoms with E-state index in [-0.39, 0.29) is 12.1 Å². The zero-order valence-electron chi connectivity index (χ0n) is 8.66. The highest BCUT2D eigenvalue weighted by Crippen LogP contribution is 1.98. The van der Waals surface area contributed by atoms with E-state index in [1.807, 2.05) is 0 Å². The zero-order valence-corrected chi connectivity index (χ0v) is 8.66. The van der Waals surface area contributed by atoms with Crippen molar-refractivity contribution in [3.05, 3.63) is 12.2 Å². The minimum absolute atomic E-state index is 0.236. The highest BCUT2D eigenvalue weighted by atomic mass is 16.3. The van der Waals surface area contributed by atoms with E-state index in [1.54, 1.807) is 32.8 Å². The van der Waals surface area contributed by atoms with Crippen molar-refractivity contribution in [2.45, 2.75) is 26.1 Å². The summed E-state index contributed by atoms with van der Waals surface area (Å²) in [4.78, 5) is 13.0. The number of hydrogen-bond acceptors (Lipinski definition) is 3. The molecule has 0 spiro atoms. The van der Waals surface area contributed by atoms with Crippen LogP contribution >= 0.6 is 0 Å². The molecule has 0 aromatic heterocycles. The van der Waals surface area contributed by atoms with Crippen LogP contribution in [0, 0.1) is 0 Å². The second kappa shape index (κ2) is 4.99. The van der Waals surface area contributed by atoms with Crippen LogP contribution in [0.3, 0.4) is 0 Å². The molecule has 2 unspecified atom stereocenters. The molecule has 0 radical (unpaired) electrons. The molecule has 4 nitrogen and oxygen atoms in total. The van der Waals surface area contributed by atoms with Gasteiger partial charge in [0.2, 0.25) is 5.91 Å². The highest BCUT2D eigenvalue weighted by Gasteiger charge is 2.19. The van der Waals surface area contributed by atoms with E-state index in [2.05, 4.69) is 11.9 Å². The van der Waals surface area contributed by atoms with Crippen LogP contribution in [0.2, 0.25) is 0 Å². The number of nitrogens with zero attached hydrogens (tertiary/aromatic N) is 1. The van der Waals surface area contributed by atoms with Gasteiger partial charge >= 0.3 is 0 Å². The van der Waals surface area contributed by atoms with Crippen molar-refractivity contribution in [3.63, 3.8) is 0 Å². The number of carbonyl (C=O) groups excluding carboxylic acids is 1. The lowest BCUT2D eigenvalue weighted by Crippen LogP contribution is -2.51. The first-order valence-corrected chi connectivity index (χ1v) is 4.17. The van der Waals surface area contributed by atoms with Gasteiger partial charge in [-0.05, 0) is 27.9 Å². The second-order valence-electron chi connectivity index (χ2n) is 3.40. The van der Waals surface area contributed by atoms with Crippen LogP contribution in [0.15, 0.2) is 12.2 Å². The molecule has 0 fully saturated rings. The number of rotatable bonds is 4. The molecule has 4 heteroatoms. The van der Waals surface area contributed by atoms with E-state index in [9.17, 15) is 9.90 Å². The number of nitrogens with one attached hydrogen (secondary N) is 1. The summed E-state index contributed by atoms with van der Waals surface area (Å²) in [5.74, 6) is -0.236. The van der Waals surface area contributed by atoms with E-state index >= 15 is 0 Å². The number of aliphatic hydroxyl groups is 1. The molecule has 0 aliphatic rings. The summed E-state index contributed by atoms with van der Waals surface area (Å²) >= 11 is 0. The van der Waals surface area contributed by atoms with E-state index in [0.29, 0.717) is 5.57 Å². The topological polar surface area (TPSA) is 52.6 Å². The molecular weight excluding hydrogens is 168 g/mol. The SMILES string of the molecule is C=C(C)C(=O)NC(C(C)O)N(C)C. The van der Waals surface area contributed by atoms with Crippen LogP contribution in [0.4, 0.5) is 0 Å². The molecule has 0 aliphatic heterocycles. The Morgan fingerprint density at radius 1 is 1.54 bits per heavy atom. The van der Waals surface area contributed by atoms with Gasteiger partial charge in [0.15, 0.2) is 0 Å². The Labute approximate surface area is 79.2 Å². The molecule has 0 heterocycles. The lowest BCUT2D eigenvalue weighted by Gasteiger charge is -2.27. The minimum atomic E-state index is -0.613. The summed E-state index contributed by atoms with van der Waals surface area (Å²) in [7, 11) is 3.58. The smallest absolute Gasteiger partial charge is 0.247 e. The van der Waals surface area contributed by atoms with Crippen LogP contribution in [-0.4, -0.2) is 42.3 Å². The third-order valence-electron chi connectivity index (χ3n) is 1.68. The standard InChI is InChI=1S/C9H18N2O2/c1-6(2)9(13)10-8(7(3)12)11(4)5/h7-8,12H,1H2,2-5H3,(H,10,13). The summed E-state index contributed by atoms with van der Waals surface area (Å²) in [6.07, 6.45) is -0.984. The van der Waals surface area contributed by atoms with Crippen molar-refractivity contribution in [3.8, 4) is 0 Å². The van der Waals surface area contributed by atoms with Gasteiger partial charge in [0.1, 0.15) is 6.17 Å². The molecule has 2 N–H and O–H groups in total. The van der Waals surface area contributed by atoms with Gasteiger partial charge in [-0.2, -0.15) is 0 Å². The first-order valence-electron chi connectivity index (χ1n) is 4.17. The van der Waals surface area contributed by atoms with Crippen LogP contribution in [0.1, 0.15) is 13.8 Å². The summed E-state index contributed by atoms with van der Waals surface area (Å²) < 4.78 is 0. The Kier molecular flexibility index (Phi) is 4.66. The molecule has 13 heavy (non-hydrogen) atoms. The fourth-order valence-electron chi connectivity index (χ4n) is 0.939. The lowest BCUT2D eigenvalue weighted by atomic mass is 10.2. The van der Waals surface area contributed by atoms with Gasteiger partial charge in [-0.3, -0.25) is 9.69 Å². The van der Waals surface area contributed by atoms with Crippen molar-refractivity contribution in [2.24, 2.45) is 0 Å². The first kappa shape index (κ1) is 12.1. The summed E-state index contributed by atoms with van der Waals surface area (Å²) in [6.45, 7) is 6.77. The van der Waals surface area contributed by atoms with Gasteiger partial charge < -0.3 is 10.4 Å². The van der Waals surface area contributed by atoms with E-state index in [4.69, 9.17) is 0 Å². The van der Waals surface area contributed by atoms with Gasteiger partial charge in [-0.15, -0.1) is 0 Å². The maximum absolute atomic E-state index is 11.2. The Morgan fingerprint density at radius 2 is 2.00 bits per heavy atom. The Balaban J connectivity index is 4.27. The summed E-state index contributed by atoms with van der Waals surface area (Å²) in [6, 6.07) is 0. The van der Waals surface area contributed by atoms with Gasteiger partial charge in [0, 0.05) is 5.57 Å². The van der Waals surface area contributed by atoms with Crippen molar-refractivity contribution < 1.29 is 9.90 Å². The third-order valence-corrected chi connectivity index (χ3v) is 1.68. The largest absolute Gasteiger partial charge is 0.390 e. The first-order chi connectivity index (χ1) is 5.86. The van der Waals surface area contributed by atoms with E-state index in [0.717, 1.165) is 0 Å². The van der Waals surface area contributed by atoms with E-state index < -0.39 is 6.10 Å². The van der Waals surface area contributed by atoms with Crippen LogP contribution in [-0.2, 0) is 4.79 Å². The molecule has 0 bridgehead atoms. The molecule has 76 valence electrons. The molecule has 0 saturated carbocycles. The number of carbonyl (C=O) groups is 1. The van der Waals surface area contributed by atoms with Crippen LogP contribution < -0.4 is 5.32 Å². The van der Waals surface area contributed by atoms with Crippen LogP contribution in [0.5, 0.6) is 0 Å². The van der Waals surface area contributed by atoms with Gasteiger partial charge in [-0.1, -0.05) is 6.58 Å². The normalized spacial score (nSPS) is 15.2. The fourth-order valence-corrected chi connectivity index (χ4v) is 0.939. The molecule has 0 aromatic rings. The van der Waals surface area contributed by atoms with Crippen molar-refractivity contribution >= 4 is 5.91 Å². The molecule has 1 amide bonds. The number of amides is 1. The average molecular weight is 186 g/mol. The Morgan fingerprint density at radius 3 is 2.23 bits per heavy atom.